The Morgan fingerprint density at radius 3 is 2.62 bits per heavy atom. The van der Waals surface area contributed by atoms with Crippen LogP contribution in [-0.2, 0) is 26.0 Å². The molecule has 1 fully saturated rings. The highest BCUT2D eigenvalue weighted by molar-refractivity contribution is 7.89. The minimum absolute atomic E-state index is 0.0133. The lowest BCUT2D eigenvalue weighted by Gasteiger charge is -2.35. The average molecular weight is 478 g/mol. The quantitative estimate of drug-likeness (QED) is 0.692. The molecule has 1 N–H and O–H groups in total. The van der Waals surface area contributed by atoms with Crippen LogP contribution >= 0.6 is 11.6 Å². The van der Waals surface area contributed by atoms with Gasteiger partial charge in [0.15, 0.2) is 0 Å². The van der Waals surface area contributed by atoms with Crippen molar-refractivity contribution in [1.82, 2.24) is 9.62 Å². The predicted octanol–water partition coefficient (Wildman–Crippen LogP) is 2.99. The maximum Gasteiger partial charge on any atom is 0.240 e. The van der Waals surface area contributed by atoms with Crippen LogP contribution in [0.4, 0.5) is 5.69 Å². The normalized spacial score (nSPS) is 20.2. The number of sulfonamides is 1. The molecule has 2 aromatic rings. The molecular weight excluding hydrogens is 450 g/mol. The topological polar surface area (TPSA) is 79.0 Å². The van der Waals surface area contributed by atoms with Gasteiger partial charge in [-0.1, -0.05) is 29.8 Å². The number of carbonyl (C=O) groups excluding carboxylic acids is 1. The molecule has 9 heteroatoms. The molecule has 0 unspecified atom stereocenters. The molecule has 0 bridgehead atoms. The fourth-order valence-electron chi connectivity index (χ4n) is 4.60. The maximum atomic E-state index is 13.2. The van der Waals surface area contributed by atoms with Gasteiger partial charge in [-0.25, -0.2) is 13.1 Å². The molecule has 2 heterocycles. The van der Waals surface area contributed by atoms with Crippen LogP contribution in [0.1, 0.15) is 31.0 Å². The molecule has 0 radical (unpaired) electrons. The summed E-state index contributed by atoms with van der Waals surface area (Å²) >= 11 is 6.45. The van der Waals surface area contributed by atoms with E-state index in [2.05, 4.69) is 9.62 Å². The standard InChI is InChI=1S/C23H28ClN3O4S/c1-16-13-18-14-19(7-8-22(18)27(16)17(2)28)32(29,30)25-15-23(26-9-11-31-12-10-26)20-5-3-4-6-21(20)24/h3-8,14,16,23,25H,9-13,15H2,1-2H3/t16-,23-/m1/s1. The van der Waals surface area contributed by atoms with Crippen LogP contribution in [0, 0.1) is 0 Å². The second kappa shape index (κ2) is 9.49. The summed E-state index contributed by atoms with van der Waals surface area (Å²) in [5, 5.41) is 0.610. The van der Waals surface area contributed by atoms with Crippen molar-refractivity contribution < 1.29 is 17.9 Å². The van der Waals surface area contributed by atoms with Gasteiger partial charge in [0.1, 0.15) is 0 Å². The Labute approximate surface area is 194 Å². The summed E-state index contributed by atoms with van der Waals surface area (Å²) in [6.45, 7) is 6.29. The Bertz CT molecular complexity index is 1100. The monoisotopic (exact) mass is 477 g/mol. The minimum Gasteiger partial charge on any atom is -0.379 e. The van der Waals surface area contributed by atoms with E-state index in [1.54, 1.807) is 23.1 Å². The summed E-state index contributed by atoms with van der Waals surface area (Å²) in [6, 6.07) is 12.3. The van der Waals surface area contributed by atoms with Crippen molar-refractivity contribution in [2.45, 2.75) is 37.2 Å². The number of carbonyl (C=O) groups is 1. The van der Waals surface area contributed by atoms with Crippen molar-refractivity contribution >= 4 is 33.2 Å². The molecule has 2 aliphatic rings. The number of benzene rings is 2. The summed E-state index contributed by atoms with van der Waals surface area (Å²) in [5.41, 5.74) is 2.54. The number of hydrogen-bond donors (Lipinski definition) is 1. The molecule has 1 amide bonds. The van der Waals surface area contributed by atoms with Gasteiger partial charge in [0.05, 0.1) is 18.1 Å². The van der Waals surface area contributed by atoms with Crippen LogP contribution in [0.15, 0.2) is 47.4 Å². The molecule has 0 aliphatic carbocycles. The van der Waals surface area contributed by atoms with Crippen molar-refractivity contribution in [2.24, 2.45) is 0 Å². The van der Waals surface area contributed by atoms with Gasteiger partial charge in [-0.05, 0) is 48.7 Å². The van der Waals surface area contributed by atoms with Gasteiger partial charge in [-0.15, -0.1) is 0 Å². The lowest BCUT2D eigenvalue weighted by atomic mass is 10.0. The van der Waals surface area contributed by atoms with Crippen LogP contribution in [0.5, 0.6) is 0 Å². The van der Waals surface area contributed by atoms with E-state index in [-0.39, 0.29) is 29.4 Å². The Hall–Kier alpha value is -1.97. The first kappa shape index (κ1) is 23.2. The van der Waals surface area contributed by atoms with Crippen LogP contribution in [0.25, 0.3) is 0 Å². The number of nitrogens with one attached hydrogen (secondary N) is 1. The SMILES string of the molecule is CC(=O)N1c2ccc(S(=O)(=O)NC[C@H](c3ccccc3Cl)N3CCOCC3)cc2C[C@H]1C. The van der Waals surface area contributed by atoms with Crippen molar-refractivity contribution in [3.8, 4) is 0 Å². The minimum atomic E-state index is -3.75. The summed E-state index contributed by atoms with van der Waals surface area (Å²) in [7, 11) is -3.75. The first-order valence-corrected chi connectivity index (χ1v) is 12.6. The lowest BCUT2D eigenvalue weighted by Crippen LogP contribution is -2.43. The number of hydrogen-bond acceptors (Lipinski definition) is 5. The first-order valence-electron chi connectivity index (χ1n) is 10.8. The van der Waals surface area contributed by atoms with Gasteiger partial charge in [-0.3, -0.25) is 9.69 Å². The molecule has 7 nitrogen and oxygen atoms in total. The van der Waals surface area contributed by atoms with Crippen LogP contribution in [0.2, 0.25) is 5.02 Å². The Morgan fingerprint density at radius 2 is 1.94 bits per heavy atom. The largest absolute Gasteiger partial charge is 0.379 e. The molecule has 2 atom stereocenters. The third kappa shape index (κ3) is 4.70. The van der Waals surface area contributed by atoms with E-state index in [0.29, 0.717) is 37.7 Å². The zero-order valence-corrected chi connectivity index (χ0v) is 19.8. The van der Waals surface area contributed by atoms with E-state index < -0.39 is 10.0 Å². The summed E-state index contributed by atoms with van der Waals surface area (Å²) in [6.07, 6.45) is 0.633. The second-order valence-corrected chi connectivity index (χ2v) is 10.4. The molecule has 32 heavy (non-hydrogen) atoms. The first-order chi connectivity index (χ1) is 15.3. The van der Waals surface area contributed by atoms with Gasteiger partial charge in [0, 0.05) is 49.4 Å². The van der Waals surface area contributed by atoms with Gasteiger partial charge >= 0.3 is 0 Å². The predicted molar refractivity (Wildman–Crippen MR) is 125 cm³/mol. The Morgan fingerprint density at radius 1 is 1.22 bits per heavy atom. The summed E-state index contributed by atoms with van der Waals surface area (Å²) < 4.78 is 34.6. The number of anilines is 1. The molecule has 1 saturated heterocycles. The van der Waals surface area contributed by atoms with E-state index in [1.807, 2.05) is 31.2 Å². The lowest BCUT2D eigenvalue weighted by molar-refractivity contribution is -0.116. The van der Waals surface area contributed by atoms with Gasteiger partial charge < -0.3 is 9.64 Å². The van der Waals surface area contributed by atoms with Gasteiger partial charge in [-0.2, -0.15) is 0 Å². The average Bonchev–Trinajstić information content (AvgIpc) is 3.11. The number of nitrogens with zero attached hydrogens (tertiary/aromatic N) is 2. The maximum absolute atomic E-state index is 13.2. The summed E-state index contributed by atoms with van der Waals surface area (Å²) in [5.74, 6) is -0.0434. The van der Waals surface area contributed by atoms with Gasteiger partial charge in [0.2, 0.25) is 15.9 Å². The van der Waals surface area contributed by atoms with E-state index >= 15 is 0 Å². The highest BCUT2D eigenvalue weighted by atomic mass is 35.5. The van der Waals surface area contributed by atoms with Crippen molar-refractivity contribution in [3.63, 3.8) is 0 Å². The number of amides is 1. The zero-order chi connectivity index (χ0) is 22.9. The summed E-state index contributed by atoms with van der Waals surface area (Å²) in [4.78, 5) is 16.1. The third-order valence-electron chi connectivity index (χ3n) is 6.13. The smallest absolute Gasteiger partial charge is 0.240 e. The van der Waals surface area contributed by atoms with E-state index in [0.717, 1.165) is 16.8 Å². The number of morpholine rings is 1. The molecule has 2 aromatic carbocycles. The van der Waals surface area contributed by atoms with Crippen molar-refractivity contribution in [2.75, 3.05) is 37.7 Å². The van der Waals surface area contributed by atoms with E-state index in [1.165, 1.54) is 6.92 Å². The van der Waals surface area contributed by atoms with Gasteiger partial charge in [0.25, 0.3) is 0 Å². The number of halogens is 1. The van der Waals surface area contributed by atoms with E-state index in [9.17, 15) is 13.2 Å². The Kier molecular flexibility index (Phi) is 6.88. The number of rotatable bonds is 6. The molecule has 0 saturated carbocycles. The number of fused-ring (bicyclic) bond motifs is 1. The number of ether oxygens (including phenoxy) is 1. The molecule has 4 rings (SSSR count). The fourth-order valence-corrected chi connectivity index (χ4v) is 5.95. The van der Waals surface area contributed by atoms with Crippen molar-refractivity contribution in [3.05, 3.63) is 58.6 Å². The van der Waals surface area contributed by atoms with Crippen LogP contribution < -0.4 is 9.62 Å². The molecule has 0 aromatic heterocycles. The Balaban J connectivity index is 1.56. The highest BCUT2D eigenvalue weighted by Gasteiger charge is 2.31. The fraction of sp³-hybridized carbons (Fsp3) is 0.435. The molecular formula is C23H28ClN3O4S. The van der Waals surface area contributed by atoms with Crippen LogP contribution in [0.3, 0.4) is 0 Å². The van der Waals surface area contributed by atoms with Crippen molar-refractivity contribution in [1.29, 1.82) is 0 Å². The molecule has 2 aliphatic heterocycles. The zero-order valence-electron chi connectivity index (χ0n) is 18.3. The molecule has 172 valence electrons. The highest BCUT2D eigenvalue weighted by Crippen LogP contribution is 2.34. The second-order valence-electron chi connectivity index (χ2n) is 8.27. The third-order valence-corrected chi connectivity index (χ3v) is 7.90. The van der Waals surface area contributed by atoms with Crippen LogP contribution in [-0.4, -0.2) is 58.1 Å². The molecule has 0 spiro atoms. The van der Waals surface area contributed by atoms with E-state index in [4.69, 9.17) is 16.3 Å².